The van der Waals surface area contributed by atoms with Crippen molar-refractivity contribution in [1.82, 2.24) is 0 Å². The second kappa shape index (κ2) is 8.01. The third-order valence-electron chi connectivity index (χ3n) is 5.07. The molecule has 1 fully saturated rings. The summed E-state index contributed by atoms with van der Waals surface area (Å²) in [7, 11) is 0. The smallest absolute Gasteiger partial charge is 0.307 e. The van der Waals surface area contributed by atoms with Gasteiger partial charge in [0.2, 0.25) is 0 Å². The van der Waals surface area contributed by atoms with Gasteiger partial charge in [-0.3, -0.25) is 4.79 Å². The van der Waals surface area contributed by atoms with Crippen molar-refractivity contribution in [3.8, 4) is 11.1 Å². The van der Waals surface area contributed by atoms with Gasteiger partial charge in [0.15, 0.2) is 0 Å². The molecule has 1 saturated heterocycles. The molecule has 1 heterocycles. The molecular weight excluding hydrogens is 352 g/mol. The number of hydrogen-bond donors (Lipinski definition) is 0. The molecular formula is C24H22O2S. The van der Waals surface area contributed by atoms with E-state index in [9.17, 15) is 4.79 Å². The lowest BCUT2D eigenvalue weighted by molar-refractivity contribution is -0.157. The minimum atomic E-state index is -0.197. The number of thioether (sulfide) groups is 1. The number of rotatable bonds is 4. The summed E-state index contributed by atoms with van der Waals surface area (Å²) in [6, 6.07) is 29.0. The molecule has 0 amide bonds. The van der Waals surface area contributed by atoms with E-state index in [1.807, 2.05) is 36.4 Å². The molecule has 1 aliphatic heterocycles. The summed E-state index contributed by atoms with van der Waals surface area (Å²) in [5, 5.41) is 0.215. The number of cyclic esters (lactones) is 1. The predicted octanol–water partition coefficient (Wildman–Crippen LogP) is 6.14. The first-order valence-corrected chi connectivity index (χ1v) is 10.2. The zero-order valence-corrected chi connectivity index (χ0v) is 16.1. The molecule has 2 nitrogen and oxygen atoms in total. The maximum atomic E-state index is 12.2. The highest BCUT2D eigenvalue weighted by Gasteiger charge is 2.37. The van der Waals surface area contributed by atoms with Crippen LogP contribution in [0, 0.1) is 5.92 Å². The molecule has 4 rings (SSSR count). The zero-order valence-electron chi connectivity index (χ0n) is 15.2. The summed E-state index contributed by atoms with van der Waals surface area (Å²) in [4.78, 5) is 13.4. The summed E-state index contributed by atoms with van der Waals surface area (Å²) >= 11 is 1.77. The Morgan fingerprint density at radius 1 is 0.815 bits per heavy atom. The maximum Gasteiger partial charge on any atom is 0.307 e. The average Bonchev–Trinajstić information content (AvgIpc) is 2.72. The van der Waals surface area contributed by atoms with Gasteiger partial charge in [0, 0.05) is 16.1 Å². The Labute approximate surface area is 164 Å². The molecule has 0 saturated carbocycles. The fourth-order valence-electron chi connectivity index (χ4n) is 3.53. The van der Waals surface area contributed by atoms with E-state index in [1.54, 1.807) is 11.8 Å². The highest BCUT2D eigenvalue weighted by molar-refractivity contribution is 8.00. The van der Waals surface area contributed by atoms with Crippen LogP contribution in [0.2, 0.25) is 0 Å². The van der Waals surface area contributed by atoms with Crippen molar-refractivity contribution in [2.45, 2.75) is 29.6 Å². The molecule has 0 bridgehead atoms. The van der Waals surface area contributed by atoms with Crippen molar-refractivity contribution in [3.63, 3.8) is 0 Å². The first-order valence-electron chi connectivity index (χ1n) is 9.27. The lowest BCUT2D eigenvalue weighted by Crippen LogP contribution is -2.34. The van der Waals surface area contributed by atoms with Gasteiger partial charge in [-0.05, 0) is 28.8 Å². The topological polar surface area (TPSA) is 26.3 Å². The van der Waals surface area contributed by atoms with E-state index >= 15 is 0 Å². The van der Waals surface area contributed by atoms with E-state index in [0.717, 1.165) is 5.56 Å². The predicted molar refractivity (Wildman–Crippen MR) is 111 cm³/mol. The number of carbonyl (C=O) groups excluding carboxylic acids is 1. The minimum absolute atomic E-state index is 0.112. The van der Waals surface area contributed by atoms with Gasteiger partial charge in [0.25, 0.3) is 0 Å². The Balaban J connectivity index is 1.54. The van der Waals surface area contributed by atoms with E-state index in [1.165, 1.54) is 16.0 Å². The SMILES string of the molecule is C[C@@H]1[C@@H](Sc2ccccc2)CC(=O)O[C@@H]1c1ccc(-c2ccccc2)cc1. The highest BCUT2D eigenvalue weighted by Crippen LogP contribution is 2.42. The number of esters is 1. The number of benzene rings is 3. The Morgan fingerprint density at radius 2 is 1.41 bits per heavy atom. The Bertz CT molecular complexity index is 891. The summed E-state index contributed by atoms with van der Waals surface area (Å²) < 4.78 is 5.75. The molecule has 3 heteroatoms. The number of ether oxygens (including phenoxy) is 1. The summed E-state index contributed by atoms with van der Waals surface area (Å²) in [6.45, 7) is 2.18. The molecule has 0 aliphatic carbocycles. The fourth-order valence-corrected chi connectivity index (χ4v) is 4.77. The first-order chi connectivity index (χ1) is 13.2. The van der Waals surface area contributed by atoms with Gasteiger partial charge in [0.05, 0.1) is 6.42 Å². The number of hydrogen-bond acceptors (Lipinski definition) is 3. The molecule has 3 aromatic rings. The summed E-state index contributed by atoms with van der Waals surface area (Å²) in [6.07, 6.45) is 0.261. The van der Waals surface area contributed by atoms with Gasteiger partial charge in [-0.2, -0.15) is 0 Å². The van der Waals surface area contributed by atoms with Crippen LogP contribution < -0.4 is 0 Å². The van der Waals surface area contributed by atoms with Gasteiger partial charge < -0.3 is 4.74 Å². The second-order valence-electron chi connectivity index (χ2n) is 6.93. The molecule has 0 spiro atoms. The van der Waals surface area contributed by atoms with Crippen molar-refractivity contribution in [3.05, 3.63) is 90.5 Å². The molecule has 136 valence electrons. The molecule has 0 radical (unpaired) electrons. The van der Waals surface area contributed by atoms with Crippen LogP contribution in [0.1, 0.15) is 25.0 Å². The van der Waals surface area contributed by atoms with Crippen molar-refractivity contribution >= 4 is 17.7 Å². The maximum absolute atomic E-state index is 12.2. The molecule has 0 unspecified atom stereocenters. The van der Waals surface area contributed by atoms with E-state index in [4.69, 9.17) is 4.74 Å². The fraction of sp³-hybridized carbons (Fsp3) is 0.208. The largest absolute Gasteiger partial charge is 0.457 e. The first kappa shape index (κ1) is 17.9. The minimum Gasteiger partial charge on any atom is -0.457 e. The van der Waals surface area contributed by atoms with Crippen molar-refractivity contribution < 1.29 is 9.53 Å². The van der Waals surface area contributed by atoms with E-state index in [-0.39, 0.29) is 23.2 Å². The summed E-state index contributed by atoms with van der Waals surface area (Å²) in [5.41, 5.74) is 3.42. The molecule has 0 N–H and O–H groups in total. The molecule has 1 aliphatic rings. The van der Waals surface area contributed by atoms with Crippen LogP contribution in [0.5, 0.6) is 0 Å². The Morgan fingerprint density at radius 3 is 2.07 bits per heavy atom. The number of carbonyl (C=O) groups is 1. The van der Waals surface area contributed by atoms with Crippen molar-refractivity contribution in [2.75, 3.05) is 0 Å². The van der Waals surface area contributed by atoms with Crippen LogP contribution in [0.15, 0.2) is 89.8 Å². The van der Waals surface area contributed by atoms with Gasteiger partial charge in [-0.15, -0.1) is 11.8 Å². The van der Waals surface area contributed by atoms with Crippen molar-refractivity contribution in [1.29, 1.82) is 0 Å². The Hall–Kier alpha value is -2.52. The third-order valence-corrected chi connectivity index (χ3v) is 6.51. The molecule has 3 aromatic carbocycles. The van der Waals surface area contributed by atoms with Gasteiger partial charge >= 0.3 is 5.97 Å². The molecule has 27 heavy (non-hydrogen) atoms. The Kier molecular flexibility index (Phi) is 5.30. The van der Waals surface area contributed by atoms with Crippen LogP contribution in [-0.4, -0.2) is 11.2 Å². The normalized spacial score (nSPS) is 22.3. The van der Waals surface area contributed by atoms with E-state index in [0.29, 0.717) is 6.42 Å². The monoisotopic (exact) mass is 374 g/mol. The van der Waals surface area contributed by atoms with E-state index < -0.39 is 0 Å². The van der Waals surface area contributed by atoms with Gasteiger partial charge in [-0.1, -0.05) is 79.7 Å². The van der Waals surface area contributed by atoms with Crippen LogP contribution >= 0.6 is 11.8 Å². The third kappa shape index (κ3) is 4.09. The standard InChI is InChI=1S/C24H22O2S/c1-17-22(27-21-10-6-3-7-11-21)16-23(25)26-24(17)20-14-12-19(13-15-20)18-8-4-2-5-9-18/h2-15,17,22,24H,16H2,1H3/t17-,22+,24+/m1/s1. The molecule has 0 aromatic heterocycles. The van der Waals surface area contributed by atoms with Crippen LogP contribution in [0.4, 0.5) is 0 Å². The quantitative estimate of drug-likeness (QED) is 0.513. The van der Waals surface area contributed by atoms with Crippen molar-refractivity contribution in [2.24, 2.45) is 5.92 Å². The summed E-state index contributed by atoms with van der Waals surface area (Å²) in [5.74, 6) is 0.133. The highest BCUT2D eigenvalue weighted by atomic mass is 32.2. The van der Waals surface area contributed by atoms with Crippen LogP contribution in [0.25, 0.3) is 11.1 Å². The zero-order chi connectivity index (χ0) is 18.6. The lowest BCUT2D eigenvalue weighted by atomic mass is 9.89. The lowest BCUT2D eigenvalue weighted by Gasteiger charge is -2.35. The van der Waals surface area contributed by atoms with Gasteiger partial charge in [0.1, 0.15) is 6.10 Å². The molecule has 3 atom stereocenters. The average molecular weight is 375 g/mol. The van der Waals surface area contributed by atoms with Gasteiger partial charge in [-0.25, -0.2) is 0 Å². The van der Waals surface area contributed by atoms with Crippen LogP contribution in [-0.2, 0) is 9.53 Å². The van der Waals surface area contributed by atoms with E-state index in [2.05, 4.69) is 55.5 Å². The second-order valence-corrected chi connectivity index (χ2v) is 8.24. The van der Waals surface area contributed by atoms with Crippen LogP contribution in [0.3, 0.4) is 0 Å².